The van der Waals surface area contributed by atoms with Crippen LogP contribution in [-0.4, -0.2) is 15.0 Å². The molecule has 0 heterocycles. The van der Waals surface area contributed by atoms with Crippen LogP contribution in [-0.2, 0) is 10.0 Å². The van der Waals surface area contributed by atoms with E-state index in [9.17, 15) is 8.42 Å². The van der Waals surface area contributed by atoms with Crippen molar-refractivity contribution in [2.75, 3.05) is 6.61 Å². The van der Waals surface area contributed by atoms with Crippen LogP contribution in [0, 0.1) is 0 Å². The highest BCUT2D eigenvalue weighted by Gasteiger charge is 2.23. The van der Waals surface area contributed by atoms with Crippen molar-refractivity contribution in [3.8, 4) is 5.75 Å². The van der Waals surface area contributed by atoms with Crippen LogP contribution in [0.2, 0.25) is 0 Å². The molecule has 0 aromatic heterocycles. The van der Waals surface area contributed by atoms with E-state index in [0.29, 0.717) is 18.8 Å². The zero-order chi connectivity index (χ0) is 16.0. The summed E-state index contributed by atoms with van der Waals surface area (Å²) in [6.45, 7) is 4.20. The predicted molar refractivity (Wildman–Crippen MR) is 87.4 cm³/mol. The van der Waals surface area contributed by atoms with Gasteiger partial charge in [-0.3, -0.25) is 0 Å². The van der Waals surface area contributed by atoms with Crippen LogP contribution in [0.25, 0.3) is 0 Å². The number of hydrogen-bond acceptors (Lipinski definition) is 3. The predicted octanol–water partition coefficient (Wildman–Crippen LogP) is 3.51. The third kappa shape index (κ3) is 3.87. The molecule has 0 spiro atoms. The lowest BCUT2D eigenvalue weighted by atomic mass is 10.1. The number of ether oxygens (including phenoxy) is 1. The minimum Gasteiger partial charge on any atom is -0.492 e. The van der Waals surface area contributed by atoms with E-state index in [1.807, 2.05) is 44.2 Å². The molecule has 0 aliphatic rings. The molecule has 0 bridgehead atoms. The van der Waals surface area contributed by atoms with Gasteiger partial charge in [0.2, 0.25) is 10.0 Å². The first kappa shape index (κ1) is 16.5. The average molecular weight is 319 g/mol. The second-order valence-corrected chi connectivity index (χ2v) is 6.55. The van der Waals surface area contributed by atoms with E-state index in [-0.39, 0.29) is 10.9 Å². The number of rotatable bonds is 7. The fourth-order valence-corrected chi connectivity index (χ4v) is 3.72. The summed E-state index contributed by atoms with van der Waals surface area (Å²) in [6.07, 6.45) is 0.667. The van der Waals surface area contributed by atoms with Gasteiger partial charge in [-0.2, -0.15) is 0 Å². The van der Waals surface area contributed by atoms with Crippen LogP contribution in [0.5, 0.6) is 5.75 Å². The monoisotopic (exact) mass is 319 g/mol. The Morgan fingerprint density at radius 3 is 2.27 bits per heavy atom. The summed E-state index contributed by atoms with van der Waals surface area (Å²) < 4.78 is 33.6. The van der Waals surface area contributed by atoms with Crippen molar-refractivity contribution in [3.05, 3.63) is 60.2 Å². The van der Waals surface area contributed by atoms with Gasteiger partial charge < -0.3 is 4.74 Å². The van der Waals surface area contributed by atoms with Gasteiger partial charge in [0, 0.05) is 6.04 Å². The van der Waals surface area contributed by atoms with Crippen molar-refractivity contribution < 1.29 is 13.2 Å². The van der Waals surface area contributed by atoms with Crippen LogP contribution in [0.15, 0.2) is 59.5 Å². The lowest BCUT2D eigenvalue weighted by Gasteiger charge is -2.19. The quantitative estimate of drug-likeness (QED) is 0.849. The summed E-state index contributed by atoms with van der Waals surface area (Å²) in [5.74, 6) is 0.375. The van der Waals surface area contributed by atoms with E-state index in [4.69, 9.17) is 4.74 Å². The molecule has 1 atom stereocenters. The standard InChI is InChI=1S/C17H21NO3S/c1-3-15(14-10-6-5-7-11-14)18-22(19,20)17-13-9-8-12-16(17)21-4-2/h5-13,15,18H,3-4H2,1-2H3. The zero-order valence-corrected chi connectivity index (χ0v) is 13.6. The molecule has 0 radical (unpaired) electrons. The molecule has 118 valence electrons. The summed E-state index contributed by atoms with van der Waals surface area (Å²) >= 11 is 0. The van der Waals surface area contributed by atoms with Gasteiger partial charge in [-0.05, 0) is 31.0 Å². The second-order valence-electron chi connectivity index (χ2n) is 4.87. The van der Waals surface area contributed by atoms with Gasteiger partial charge in [0.1, 0.15) is 10.6 Å². The molecular weight excluding hydrogens is 298 g/mol. The Kier molecular flexibility index (Phi) is 5.57. The highest BCUT2D eigenvalue weighted by atomic mass is 32.2. The van der Waals surface area contributed by atoms with E-state index in [1.165, 1.54) is 0 Å². The molecule has 0 saturated heterocycles. The number of sulfonamides is 1. The molecule has 1 N–H and O–H groups in total. The minimum absolute atomic E-state index is 0.172. The van der Waals surface area contributed by atoms with Gasteiger partial charge >= 0.3 is 0 Å². The van der Waals surface area contributed by atoms with Gasteiger partial charge in [0.15, 0.2) is 0 Å². The number of benzene rings is 2. The van der Waals surface area contributed by atoms with E-state index in [2.05, 4.69) is 4.72 Å². The van der Waals surface area contributed by atoms with E-state index < -0.39 is 10.0 Å². The molecule has 0 fully saturated rings. The third-order valence-corrected chi connectivity index (χ3v) is 4.86. The van der Waals surface area contributed by atoms with Crippen molar-refractivity contribution in [2.24, 2.45) is 0 Å². The van der Waals surface area contributed by atoms with Crippen LogP contribution >= 0.6 is 0 Å². The fourth-order valence-electron chi connectivity index (χ4n) is 2.27. The molecular formula is C17H21NO3S. The first-order valence-electron chi connectivity index (χ1n) is 7.37. The van der Waals surface area contributed by atoms with E-state index in [1.54, 1.807) is 24.3 Å². The minimum atomic E-state index is -3.65. The summed E-state index contributed by atoms with van der Waals surface area (Å²) in [4.78, 5) is 0.172. The Morgan fingerprint density at radius 2 is 1.64 bits per heavy atom. The molecule has 5 heteroatoms. The highest BCUT2D eigenvalue weighted by molar-refractivity contribution is 7.89. The van der Waals surface area contributed by atoms with Gasteiger partial charge in [-0.15, -0.1) is 0 Å². The molecule has 0 saturated carbocycles. The highest BCUT2D eigenvalue weighted by Crippen LogP contribution is 2.26. The number of para-hydroxylation sites is 1. The first-order valence-corrected chi connectivity index (χ1v) is 8.86. The summed E-state index contributed by atoms with van der Waals surface area (Å²) in [5, 5.41) is 0. The first-order chi connectivity index (χ1) is 10.6. The Morgan fingerprint density at radius 1 is 1.00 bits per heavy atom. The largest absolute Gasteiger partial charge is 0.492 e. The summed E-state index contributed by atoms with van der Waals surface area (Å²) in [7, 11) is -3.65. The lowest BCUT2D eigenvalue weighted by molar-refractivity contribution is 0.331. The topological polar surface area (TPSA) is 55.4 Å². The Bertz CT molecular complexity index is 699. The Balaban J connectivity index is 2.31. The van der Waals surface area contributed by atoms with Crippen molar-refractivity contribution in [1.29, 1.82) is 0 Å². The molecule has 2 aromatic carbocycles. The maximum Gasteiger partial charge on any atom is 0.244 e. The molecule has 2 rings (SSSR count). The van der Waals surface area contributed by atoms with Gasteiger partial charge in [-0.25, -0.2) is 13.1 Å². The molecule has 0 aliphatic carbocycles. The van der Waals surface area contributed by atoms with Crippen molar-refractivity contribution in [3.63, 3.8) is 0 Å². The van der Waals surface area contributed by atoms with Crippen molar-refractivity contribution >= 4 is 10.0 Å². The molecule has 4 nitrogen and oxygen atoms in total. The van der Waals surface area contributed by atoms with E-state index in [0.717, 1.165) is 5.56 Å². The molecule has 2 aromatic rings. The Labute approximate surface area is 132 Å². The Hall–Kier alpha value is -1.85. The van der Waals surface area contributed by atoms with Crippen LogP contribution in [0.3, 0.4) is 0 Å². The third-order valence-electron chi connectivity index (χ3n) is 3.35. The average Bonchev–Trinajstić information content (AvgIpc) is 2.54. The second kappa shape index (κ2) is 7.42. The van der Waals surface area contributed by atoms with Crippen LogP contribution in [0.1, 0.15) is 31.9 Å². The van der Waals surface area contributed by atoms with Gasteiger partial charge in [0.05, 0.1) is 6.61 Å². The zero-order valence-electron chi connectivity index (χ0n) is 12.8. The van der Waals surface area contributed by atoms with Crippen LogP contribution < -0.4 is 9.46 Å². The number of hydrogen-bond donors (Lipinski definition) is 1. The normalized spacial score (nSPS) is 12.8. The molecule has 0 aliphatic heterocycles. The van der Waals surface area contributed by atoms with Gasteiger partial charge in [-0.1, -0.05) is 49.4 Å². The number of nitrogens with one attached hydrogen (secondary N) is 1. The molecule has 1 unspecified atom stereocenters. The van der Waals surface area contributed by atoms with Crippen molar-refractivity contribution in [1.82, 2.24) is 4.72 Å². The smallest absolute Gasteiger partial charge is 0.244 e. The fraction of sp³-hybridized carbons (Fsp3) is 0.294. The summed E-state index contributed by atoms with van der Waals surface area (Å²) in [6, 6.07) is 16.0. The maximum atomic E-state index is 12.7. The molecule has 22 heavy (non-hydrogen) atoms. The van der Waals surface area contributed by atoms with Crippen LogP contribution in [0.4, 0.5) is 0 Å². The summed E-state index contributed by atoms with van der Waals surface area (Å²) in [5.41, 5.74) is 0.947. The van der Waals surface area contributed by atoms with Crippen molar-refractivity contribution in [2.45, 2.75) is 31.2 Å². The van der Waals surface area contributed by atoms with E-state index >= 15 is 0 Å². The lowest BCUT2D eigenvalue weighted by Crippen LogP contribution is -2.28. The maximum absolute atomic E-state index is 12.7. The SMILES string of the molecule is CCOc1ccccc1S(=O)(=O)NC(CC)c1ccccc1. The van der Waals surface area contributed by atoms with Gasteiger partial charge in [0.25, 0.3) is 0 Å². The molecule has 0 amide bonds.